The Morgan fingerprint density at radius 2 is 1.59 bits per heavy atom. The van der Waals surface area contributed by atoms with E-state index in [1.54, 1.807) is 47.4 Å². The highest BCUT2D eigenvalue weighted by molar-refractivity contribution is 7.92. The highest BCUT2D eigenvalue weighted by atomic mass is 32.2. The fraction of sp³-hybridized carbons (Fsp3) is 0.481. The molecule has 2 amide bonds. The molecule has 1 atom stereocenters. The highest BCUT2D eigenvalue weighted by Crippen LogP contribution is 2.47. The molecule has 0 aromatic heterocycles. The van der Waals surface area contributed by atoms with Gasteiger partial charge in [-0.25, -0.2) is 16.8 Å². The monoisotopic (exact) mass is 576 g/mol. The van der Waals surface area contributed by atoms with Gasteiger partial charge in [-0.15, -0.1) is 0 Å². The predicted molar refractivity (Wildman–Crippen MR) is 150 cm³/mol. The second-order valence-electron chi connectivity index (χ2n) is 11.2. The quantitative estimate of drug-likeness (QED) is 0.479. The summed E-state index contributed by atoms with van der Waals surface area (Å²) in [6.07, 6.45) is 2.19. The van der Waals surface area contributed by atoms with Crippen molar-refractivity contribution in [3.05, 3.63) is 65.7 Å². The summed E-state index contributed by atoms with van der Waals surface area (Å²) in [5, 5.41) is 2.58. The number of hydrogen-bond donors (Lipinski definition) is 2. The van der Waals surface area contributed by atoms with Crippen LogP contribution in [0.15, 0.2) is 54.6 Å². The van der Waals surface area contributed by atoms with Crippen molar-refractivity contribution < 1.29 is 26.4 Å². The molecule has 2 heterocycles. The maximum Gasteiger partial charge on any atom is 0.246 e. The van der Waals surface area contributed by atoms with Crippen LogP contribution in [0.25, 0.3) is 0 Å². The van der Waals surface area contributed by atoms with Crippen molar-refractivity contribution in [3.63, 3.8) is 0 Å². The fourth-order valence-electron chi connectivity index (χ4n) is 5.34. The van der Waals surface area contributed by atoms with Crippen LogP contribution >= 0.6 is 0 Å². The van der Waals surface area contributed by atoms with E-state index in [-0.39, 0.29) is 5.75 Å². The molecule has 2 aliphatic heterocycles. The van der Waals surface area contributed by atoms with Crippen LogP contribution in [-0.4, -0.2) is 76.8 Å². The Labute approximate surface area is 230 Å². The molecule has 212 valence electrons. The third kappa shape index (κ3) is 6.44. The molecule has 4 rings (SSSR count). The molecule has 39 heavy (non-hydrogen) atoms. The molecule has 10 nitrogen and oxygen atoms in total. The summed E-state index contributed by atoms with van der Waals surface area (Å²) in [6, 6.07) is 14.8. The molecule has 0 saturated carbocycles. The maximum absolute atomic E-state index is 13.7. The van der Waals surface area contributed by atoms with Crippen LogP contribution in [0, 0.1) is 0 Å². The lowest BCUT2D eigenvalue weighted by Gasteiger charge is -2.41. The molecular weight excluding hydrogens is 540 g/mol. The maximum atomic E-state index is 13.7. The number of sulfonamides is 1. The lowest BCUT2D eigenvalue weighted by molar-refractivity contribution is -0.138. The van der Waals surface area contributed by atoms with Gasteiger partial charge in [0.25, 0.3) is 0 Å². The second kappa shape index (κ2) is 10.5. The Hall–Kier alpha value is -2.96. The summed E-state index contributed by atoms with van der Waals surface area (Å²) >= 11 is 0. The molecule has 0 aliphatic carbocycles. The minimum atomic E-state index is -3.77. The first-order valence-electron chi connectivity index (χ1n) is 12.8. The molecule has 2 aromatic carbocycles. The Morgan fingerprint density at radius 1 is 1.00 bits per heavy atom. The number of piperidine rings is 1. The third-order valence-electron chi connectivity index (χ3n) is 7.46. The van der Waals surface area contributed by atoms with Crippen LogP contribution in [0.3, 0.4) is 0 Å². The topological polar surface area (TPSA) is 147 Å². The van der Waals surface area contributed by atoms with Crippen molar-refractivity contribution >= 4 is 37.4 Å². The molecule has 0 radical (unpaired) electrons. The van der Waals surface area contributed by atoms with Crippen LogP contribution in [0.4, 0.5) is 5.69 Å². The number of nitrogens with one attached hydrogen (secondary N) is 1. The van der Waals surface area contributed by atoms with Crippen molar-refractivity contribution in [2.24, 2.45) is 5.73 Å². The van der Waals surface area contributed by atoms with E-state index in [2.05, 4.69) is 5.32 Å². The van der Waals surface area contributed by atoms with Gasteiger partial charge in [-0.2, -0.15) is 0 Å². The van der Waals surface area contributed by atoms with Crippen LogP contribution in [0.5, 0.6) is 0 Å². The molecule has 2 aromatic rings. The van der Waals surface area contributed by atoms with Gasteiger partial charge in [-0.05, 0) is 43.9 Å². The average molecular weight is 577 g/mol. The Kier molecular flexibility index (Phi) is 7.85. The lowest BCUT2D eigenvalue weighted by Crippen LogP contribution is -2.59. The summed E-state index contributed by atoms with van der Waals surface area (Å²) in [5.74, 6) is -1.95. The molecule has 0 unspecified atom stereocenters. The van der Waals surface area contributed by atoms with E-state index >= 15 is 0 Å². The molecule has 0 bridgehead atoms. The van der Waals surface area contributed by atoms with Crippen molar-refractivity contribution in [2.45, 2.75) is 49.4 Å². The summed E-state index contributed by atoms with van der Waals surface area (Å²) < 4.78 is 52.6. The molecular formula is C27H36N4O6S2. The largest absolute Gasteiger partial charge is 0.342 e. The van der Waals surface area contributed by atoms with Gasteiger partial charge in [-0.1, -0.05) is 48.5 Å². The predicted octanol–water partition coefficient (Wildman–Crippen LogP) is 1.16. The normalized spacial score (nSPS) is 18.1. The molecule has 1 spiro atoms. The van der Waals surface area contributed by atoms with E-state index in [0.29, 0.717) is 43.7 Å². The number of para-hydroxylation sites is 1. The number of fused-ring (bicyclic) bond motifs is 2. The van der Waals surface area contributed by atoms with Crippen LogP contribution in [0.1, 0.15) is 37.8 Å². The van der Waals surface area contributed by atoms with Gasteiger partial charge in [0.15, 0.2) is 9.84 Å². The van der Waals surface area contributed by atoms with Crippen molar-refractivity contribution in [1.82, 2.24) is 10.2 Å². The fourth-order valence-corrected chi connectivity index (χ4v) is 7.89. The summed E-state index contributed by atoms with van der Waals surface area (Å²) in [4.78, 5) is 27.9. The zero-order chi connectivity index (χ0) is 28.6. The number of carbonyl (C=O) groups excluding carboxylic acids is 2. The van der Waals surface area contributed by atoms with Crippen molar-refractivity contribution in [2.75, 3.05) is 35.9 Å². The van der Waals surface area contributed by atoms with E-state index < -0.39 is 54.4 Å². The minimum absolute atomic E-state index is 0.263. The number of benzene rings is 2. The molecule has 12 heteroatoms. The Balaban J connectivity index is 1.53. The number of sulfone groups is 1. The van der Waals surface area contributed by atoms with Crippen LogP contribution in [-0.2, 0) is 40.6 Å². The number of anilines is 1. The minimum Gasteiger partial charge on any atom is -0.342 e. The Morgan fingerprint density at radius 3 is 2.18 bits per heavy atom. The highest BCUT2D eigenvalue weighted by Gasteiger charge is 2.48. The van der Waals surface area contributed by atoms with Crippen molar-refractivity contribution in [3.8, 4) is 0 Å². The van der Waals surface area contributed by atoms with Gasteiger partial charge < -0.3 is 16.0 Å². The number of likely N-dealkylation sites (tertiary alicyclic amines) is 1. The Bertz CT molecular complexity index is 1440. The van der Waals surface area contributed by atoms with Gasteiger partial charge in [-0.3, -0.25) is 13.9 Å². The number of nitrogens with two attached hydrogens (primary N) is 1. The molecule has 3 N–H and O–H groups in total. The number of rotatable bonds is 8. The summed E-state index contributed by atoms with van der Waals surface area (Å²) in [7, 11) is -7.25. The smallest absolute Gasteiger partial charge is 0.246 e. The van der Waals surface area contributed by atoms with E-state index in [0.717, 1.165) is 5.56 Å². The van der Waals surface area contributed by atoms with Crippen LogP contribution in [0.2, 0.25) is 0 Å². The third-order valence-corrected chi connectivity index (χ3v) is 10.2. The van der Waals surface area contributed by atoms with Gasteiger partial charge in [0.05, 0.1) is 29.0 Å². The summed E-state index contributed by atoms with van der Waals surface area (Å²) in [6.45, 7) is 3.85. The SMILES string of the molecule is CC(C)(N)C(=O)N[C@H](CS(=O)(=O)Cc1ccccc1)C(=O)N1CCC2(CC1)CN(S(C)(=O)=O)c1ccccc12. The first-order valence-corrected chi connectivity index (χ1v) is 16.5. The molecule has 1 fully saturated rings. The van der Waals surface area contributed by atoms with Crippen molar-refractivity contribution in [1.29, 1.82) is 0 Å². The number of amides is 2. The molecule has 1 saturated heterocycles. The standard InChI is InChI=1S/C27H36N4O6S2/c1-26(2,28)25(33)29-22(18-39(36,37)17-20-9-5-4-6-10-20)24(32)30-15-13-27(14-16-30)19-31(38(3,34)35)23-12-8-7-11-21(23)27/h4-12,22H,13-19,28H2,1-3H3,(H,29,33)/t22-/m1/s1. The van der Waals surface area contributed by atoms with Gasteiger partial charge >= 0.3 is 0 Å². The average Bonchev–Trinajstić information content (AvgIpc) is 3.18. The van der Waals surface area contributed by atoms with Gasteiger partial charge in [0.1, 0.15) is 6.04 Å². The zero-order valence-corrected chi connectivity index (χ0v) is 24.1. The van der Waals surface area contributed by atoms with E-state index in [4.69, 9.17) is 5.73 Å². The first-order chi connectivity index (χ1) is 18.1. The second-order valence-corrected chi connectivity index (χ2v) is 15.2. The number of hydrogen-bond acceptors (Lipinski definition) is 7. The van der Waals surface area contributed by atoms with E-state index in [9.17, 15) is 26.4 Å². The zero-order valence-electron chi connectivity index (χ0n) is 22.5. The lowest BCUT2D eigenvalue weighted by atomic mass is 9.74. The number of carbonyl (C=O) groups is 2. The van der Waals surface area contributed by atoms with Gasteiger partial charge in [0, 0.05) is 25.0 Å². The first kappa shape index (κ1) is 29.0. The van der Waals surface area contributed by atoms with Gasteiger partial charge in [0.2, 0.25) is 21.8 Å². The molecule has 2 aliphatic rings. The van der Waals surface area contributed by atoms with E-state index in [1.807, 2.05) is 12.1 Å². The van der Waals surface area contributed by atoms with E-state index in [1.165, 1.54) is 24.4 Å². The number of nitrogens with zero attached hydrogens (tertiary/aromatic N) is 2. The van der Waals surface area contributed by atoms with Crippen LogP contribution < -0.4 is 15.4 Å². The summed E-state index contributed by atoms with van der Waals surface area (Å²) in [5.41, 5.74) is 6.34.